The Kier molecular flexibility index (Phi) is 5.98. The van der Waals surface area contributed by atoms with Gasteiger partial charge in [0.15, 0.2) is 5.54 Å². The zero-order valence-electron chi connectivity index (χ0n) is 16.1. The Bertz CT molecular complexity index is 700. The number of amides is 2. The maximum absolute atomic E-state index is 12.4. The number of carboxylic acid groups (broad SMARTS) is 1. The maximum atomic E-state index is 12.4. The summed E-state index contributed by atoms with van der Waals surface area (Å²) < 4.78 is 10.6. The van der Waals surface area contributed by atoms with Gasteiger partial charge in [0.05, 0.1) is 6.54 Å². The van der Waals surface area contributed by atoms with E-state index in [0.717, 1.165) is 10.5 Å². The SMILES string of the molecule is CC(C)(C)OC(=O)N1CCN(C(=O)OCc2ccccc2)CC1(C)C(=O)O. The first kappa shape index (κ1) is 20.5. The fourth-order valence-electron chi connectivity index (χ4n) is 2.76. The van der Waals surface area contributed by atoms with Crippen molar-refractivity contribution >= 4 is 18.2 Å². The van der Waals surface area contributed by atoms with Crippen molar-refractivity contribution in [2.24, 2.45) is 0 Å². The molecule has 2 rings (SSSR count). The van der Waals surface area contributed by atoms with Crippen molar-refractivity contribution in [1.82, 2.24) is 9.80 Å². The van der Waals surface area contributed by atoms with Gasteiger partial charge in [0.25, 0.3) is 0 Å². The van der Waals surface area contributed by atoms with Gasteiger partial charge < -0.3 is 19.5 Å². The molecule has 1 aromatic rings. The van der Waals surface area contributed by atoms with E-state index in [1.165, 1.54) is 11.8 Å². The number of rotatable bonds is 3. The van der Waals surface area contributed by atoms with Gasteiger partial charge in [0.1, 0.15) is 12.2 Å². The number of ether oxygens (including phenoxy) is 2. The lowest BCUT2D eigenvalue weighted by Gasteiger charge is -2.45. The zero-order chi connectivity index (χ0) is 20.2. The summed E-state index contributed by atoms with van der Waals surface area (Å²) in [5.74, 6) is -1.21. The van der Waals surface area contributed by atoms with Crippen molar-refractivity contribution in [2.75, 3.05) is 19.6 Å². The summed E-state index contributed by atoms with van der Waals surface area (Å²) in [7, 11) is 0. The van der Waals surface area contributed by atoms with Crippen molar-refractivity contribution in [3.63, 3.8) is 0 Å². The minimum absolute atomic E-state index is 0.0398. The Labute approximate surface area is 158 Å². The Balaban J connectivity index is 2.06. The first-order valence-corrected chi connectivity index (χ1v) is 8.72. The highest BCUT2D eigenvalue weighted by Crippen LogP contribution is 2.25. The summed E-state index contributed by atoms with van der Waals surface area (Å²) in [4.78, 5) is 39.1. The fourth-order valence-corrected chi connectivity index (χ4v) is 2.76. The average molecular weight is 378 g/mol. The van der Waals surface area contributed by atoms with Crippen molar-refractivity contribution in [3.05, 3.63) is 35.9 Å². The van der Waals surface area contributed by atoms with E-state index in [1.54, 1.807) is 20.8 Å². The van der Waals surface area contributed by atoms with Crippen molar-refractivity contribution in [1.29, 1.82) is 0 Å². The van der Waals surface area contributed by atoms with Crippen LogP contribution >= 0.6 is 0 Å². The lowest BCUT2D eigenvalue weighted by molar-refractivity contribution is -0.153. The molecule has 1 unspecified atom stereocenters. The van der Waals surface area contributed by atoms with E-state index in [9.17, 15) is 19.5 Å². The first-order valence-electron chi connectivity index (χ1n) is 8.72. The molecule has 0 bridgehead atoms. The number of piperazine rings is 1. The summed E-state index contributed by atoms with van der Waals surface area (Å²) in [5, 5.41) is 9.69. The highest BCUT2D eigenvalue weighted by molar-refractivity contribution is 5.85. The van der Waals surface area contributed by atoms with Crippen LogP contribution in [0.25, 0.3) is 0 Å². The number of benzene rings is 1. The molecule has 1 fully saturated rings. The molecule has 1 aromatic carbocycles. The summed E-state index contributed by atoms with van der Waals surface area (Å²) >= 11 is 0. The number of nitrogens with zero attached hydrogens (tertiary/aromatic N) is 2. The number of carbonyl (C=O) groups is 3. The van der Waals surface area contributed by atoms with Gasteiger partial charge in [-0.15, -0.1) is 0 Å². The largest absolute Gasteiger partial charge is 0.479 e. The molecule has 1 atom stereocenters. The van der Waals surface area contributed by atoms with E-state index in [1.807, 2.05) is 30.3 Å². The van der Waals surface area contributed by atoms with Crippen LogP contribution in [0.5, 0.6) is 0 Å². The van der Waals surface area contributed by atoms with Crippen LogP contribution in [-0.2, 0) is 20.9 Å². The summed E-state index contributed by atoms with van der Waals surface area (Å²) in [6.07, 6.45) is -1.33. The smallest absolute Gasteiger partial charge is 0.411 e. The Morgan fingerprint density at radius 1 is 1.11 bits per heavy atom. The van der Waals surface area contributed by atoms with E-state index in [2.05, 4.69) is 0 Å². The highest BCUT2D eigenvalue weighted by Gasteiger charge is 2.49. The fraction of sp³-hybridized carbons (Fsp3) is 0.526. The molecule has 1 N–H and O–H groups in total. The third-order valence-corrected chi connectivity index (χ3v) is 4.23. The Morgan fingerprint density at radius 3 is 2.30 bits per heavy atom. The van der Waals surface area contributed by atoms with Gasteiger partial charge >= 0.3 is 18.2 Å². The molecular weight excluding hydrogens is 352 g/mol. The third kappa shape index (κ3) is 5.12. The summed E-state index contributed by atoms with van der Waals surface area (Å²) in [6, 6.07) is 9.19. The van der Waals surface area contributed by atoms with Crippen LogP contribution in [0.3, 0.4) is 0 Å². The van der Waals surface area contributed by atoms with Crippen LogP contribution in [0.1, 0.15) is 33.3 Å². The van der Waals surface area contributed by atoms with E-state index in [-0.39, 0.29) is 26.2 Å². The third-order valence-electron chi connectivity index (χ3n) is 4.23. The number of hydrogen-bond acceptors (Lipinski definition) is 5. The zero-order valence-corrected chi connectivity index (χ0v) is 16.1. The van der Waals surface area contributed by atoms with Crippen LogP contribution < -0.4 is 0 Å². The molecule has 27 heavy (non-hydrogen) atoms. The second kappa shape index (κ2) is 7.85. The average Bonchev–Trinajstić information content (AvgIpc) is 2.58. The molecule has 8 heteroatoms. The van der Waals surface area contributed by atoms with Crippen molar-refractivity contribution in [3.8, 4) is 0 Å². The first-order chi connectivity index (χ1) is 12.5. The summed E-state index contributed by atoms with van der Waals surface area (Å²) in [6.45, 7) is 6.63. The topological polar surface area (TPSA) is 96.4 Å². The van der Waals surface area contributed by atoms with E-state index in [0.29, 0.717) is 0 Å². The minimum Gasteiger partial charge on any atom is -0.479 e. The molecule has 2 amide bonds. The number of aliphatic carboxylic acids is 1. The molecule has 1 heterocycles. The molecule has 0 spiro atoms. The molecule has 1 aliphatic rings. The number of hydrogen-bond donors (Lipinski definition) is 1. The van der Waals surface area contributed by atoms with Gasteiger partial charge in [-0.25, -0.2) is 14.4 Å². The predicted molar refractivity (Wildman–Crippen MR) is 97.2 cm³/mol. The van der Waals surface area contributed by atoms with Gasteiger partial charge in [-0.05, 0) is 33.3 Å². The van der Waals surface area contributed by atoms with Gasteiger partial charge in [-0.3, -0.25) is 4.90 Å². The second-order valence-corrected chi connectivity index (χ2v) is 7.67. The van der Waals surface area contributed by atoms with Crippen LogP contribution in [0, 0.1) is 0 Å². The molecule has 0 aliphatic carbocycles. The van der Waals surface area contributed by atoms with Gasteiger partial charge in [-0.2, -0.15) is 0 Å². The van der Waals surface area contributed by atoms with Crippen LogP contribution in [-0.4, -0.2) is 63.8 Å². The quantitative estimate of drug-likeness (QED) is 0.869. The standard InChI is InChI=1S/C19H26N2O6/c1-18(2,3)27-17(25)21-11-10-20(13-19(21,4)15(22)23)16(24)26-12-14-8-6-5-7-9-14/h5-9H,10-13H2,1-4H3,(H,22,23). The Morgan fingerprint density at radius 2 is 1.74 bits per heavy atom. The monoisotopic (exact) mass is 378 g/mol. The molecule has 0 radical (unpaired) electrons. The molecule has 1 aliphatic heterocycles. The maximum Gasteiger partial charge on any atom is 0.411 e. The number of carbonyl (C=O) groups excluding carboxylic acids is 2. The van der Waals surface area contributed by atoms with E-state index in [4.69, 9.17) is 9.47 Å². The van der Waals surface area contributed by atoms with Crippen molar-refractivity contribution in [2.45, 2.75) is 45.4 Å². The lowest BCUT2D eigenvalue weighted by Crippen LogP contribution is -2.67. The predicted octanol–water partition coefficient (Wildman–Crippen LogP) is 2.72. The van der Waals surface area contributed by atoms with Gasteiger partial charge in [-0.1, -0.05) is 30.3 Å². The highest BCUT2D eigenvalue weighted by atomic mass is 16.6. The van der Waals surface area contributed by atoms with Gasteiger partial charge in [0, 0.05) is 13.1 Å². The Hall–Kier alpha value is -2.77. The molecule has 8 nitrogen and oxygen atoms in total. The molecule has 148 valence electrons. The molecule has 1 saturated heterocycles. The molecule has 0 aromatic heterocycles. The minimum atomic E-state index is -1.60. The molecular formula is C19H26N2O6. The lowest BCUT2D eigenvalue weighted by atomic mass is 9.97. The van der Waals surface area contributed by atoms with Gasteiger partial charge in [0.2, 0.25) is 0 Å². The summed E-state index contributed by atoms with van der Waals surface area (Å²) in [5.41, 5.74) is -1.52. The molecule has 0 saturated carbocycles. The van der Waals surface area contributed by atoms with E-state index < -0.39 is 29.3 Å². The number of carboxylic acids is 1. The van der Waals surface area contributed by atoms with E-state index >= 15 is 0 Å². The van der Waals surface area contributed by atoms with Crippen molar-refractivity contribution < 1.29 is 29.0 Å². The normalized spacial score (nSPS) is 20.1. The van der Waals surface area contributed by atoms with Crippen LogP contribution in [0.15, 0.2) is 30.3 Å². The second-order valence-electron chi connectivity index (χ2n) is 7.67. The van der Waals surface area contributed by atoms with Crippen LogP contribution in [0.4, 0.5) is 9.59 Å². The van der Waals surface area contributed by atoms with Crippen LogP contribution in [0.2, 0.25) is 0 Å².